The van der Waals surface area contributed by atoms with Gasteiger partial charge in [0.2, 0.25) is 0 Å². The number of benzene rings is 1. The molecule has 1 saturated carbocycles. The molecule has 1 aliphatic carbocycles. The van der Waals surface area contributed by atoms with E-state index >= 15 is 0 Å². The van der Waals surface area contributed by atoms with Crippen LogP contribution in [0.1, 0.15) is 24.8 Å². The van der Waals surface area contributed by atoms with Crippen molar-refractivity contribution in [3.8, 4) is 0 Å². The predicted octanol–water partition coefficient (Wildman–Crippen LogP) is 1.89. The molecule has 1 aliphatic heterocycles. The van der Waals surface area contributed by atoms with Crippen molar-refractivity contribution in [1.82, 2.24) is 5.32 Å². The molecule has 100 valence electrons. The van der Waals surface area contributed by atoms with Crippen LogP contribution in [0.3, 0.4) is 0 Å². The van der Waals surface area contributed by atoms with E-state index in [1.807, 2.05) is 30.3 Å². The van der Waals surface area contributed by atoms with E-state index < -0.39 is 0 Å². The van der Waals surface area contributed by atoms with Crippen molar-refractivity contribution in [2.24, 2.45) is 5.41 Å². The average Bonchev–Trinajstić information content (AvgIpc) is 3.21. The van der Waals surface area contributed by atoms with E-state index in [2.05, 4.69) is 5.32 Å². The molecular formula is C15H18N2O2. The van der Waals surface area contributed by atoms with Gasteiger partial charge < -0.3 is 10.1 Å². The van der Waals surface area contributed by atoms with E-state index in [1.54, 1.807) is 0 Å². The normalized spacial score (nSPS) is 24.2. The van der Waals surface area contributed by atoms with Crippen molar-refractivity contribution >= 4 is 11.7 Å². The molecule has 0 aromatic heterocycles. The van der Waals surface area contributed by atoms with E-state index in [-0.39, 0.29) is 17.4 Å². The highest BCUT2D eigenvalue weighted by atomic mass is 16.5. The summed E-state index contributed by atoms with van der Waals surface area (Å²) in [6, 6.07) is 9.45. The molecule has 2 N–H and O–H groups in total. The molecule has 3 rings (SSSR count). The van der Waals surface area contributed by atoms with E-state index in [9.17, 15) is 4.79 Å². The van der Waals surface area contributed by atoms with Gasteiger partial charge in [0.15, 0.2) is 0 Å². The average molecular weight is 258 g/mol. The molecule has 1 saturated heterocycles. The number of rotatable bonds is 3. The monoisotopic (exact) mass is 258 g/mol. The van der Waals surface area contributed by atoms with Crippen molar-refractivity contribution in [3.63, 3.8) is 0 Å². The first-order valence-electron chi connectivity index (χ1n) is 6.71. The fourth-order valence-electron chi connectivity index (χ4n) is 2.65. The van der Waals surface area contributed by atoms with Gasteiger partial charge in [-0.05, 0) is 24.8 Å². The first kappa shape index (κ1) is 12.4. The second kappa shape index (κ2) is 4.78. The van der Waals surface area contributed by atoms with Crippen LogP contribution >= 0.6 is 0 Å². The first-order chi connectivity index (χ1) is 9.20. The maximum absolute atomic E-state index is 12.0. The van der Waals surface area contributed by atoms with Crippen molar-refractivity contribution in [1.29, 1.82) is 5.41 Å². The quantitative estimate of drug-likeness (QED) is 0.814. The SMILES string of the molecule is N=C1CN[C@H](C(=O)OCc2ccccc2)CC12CC2. The number of esters is 1. The number of piperidine rings is 1. The van der Waals surface area contributed by atoms with Gasteiger partial charge in [0, 0.05) is 17.7 Å². The summed E-state index contributed by atoms with van der Waals surface area (Å²) in [6.45, 7) is 0.841. The lowest BCUT2D eigenvalue weighted by Gasteiger charge is -2.29. The van der Waals surface area contributed by atoms with Crippen LogP contribution in [0.2, 0.25) is 0 Å². The van der Waals surface area contributed by atoms with Crippen LogP contribution in [0, 0.1) is 10.8 Å². The van der Waals surface area contributed by atoms with Gasteiger partial charge in [-0.15, -0.1) is 0 Å². The molecule has 0 radical (unpaired) electrons. The fourth-order valence-corrected chi connectivity index (χ4v) is 2.65. The minimum Gasteiger partial charge on any atom is -0.460 e. The zero-order chi connectivity index (χ0) is 13.3. The molecule has 1 heterocycles. The third-order valence-electron chi connectivity index (χ3n) is 4.12. The van der Waals surface area contributed by atoms with Crippen molar-refractivity contribution < 1.29 is 9.53 Å². The molecule has 2 aliphatic rings. The molecule has 4 heteroatoms. The Bertz CT molecular complexity index is 494. The van der Waals surface area contributed by atoms with Gasteiger partial charge in [-0.3, -0.25) is 10.1 Å². The zero-order valence-corrected chi connectivity index (χ0v) is 10.8. The van der Waals surface area contributed by atoms with Crippen LogP contribution < -0.4 is 5.32 Å². The van der Waals surface area contributed by atoms with Crippen molar-refractivity contribution in [3.05, 3.63) is 35.9 Å². The molecule has 0 amide bonds. The number of ether oxygens (including phenoxy) is 1. The largest absolute Gasteiger partial charge is 0.460 e. The summed E-state index contributed by atoms with van der Waals surface area (Å²) in [5.41, 5.74) is 1.77. The Hall–Kier alpha value is -1.68. The van der Waals surface area contributed by atoms with Gasteiger partial charge in [0.05, 0.1) is 0 Å². The maximum Gasteiger partial charge on any atom is 0.323 e. The Labute approximate surface area is 112 Å². The second-order valence-corrected chi connectivity index (χ2v) is 5.49. The van der Waals surface area contributed by atoms with E-state index in [1.165, 1.54) is 0 Å². The molecule has 2 fully saturated rings. The first-order valence-corrected chi connectivity index (χ1v) is 6.71. The van der Waals surface area contributed by atoms with Gasteiger partial charge in [-0.25, -0.2) is 0 Å². The molecular weight excluding hydrogens is 240 g/mol. The zero-order valence-electron chi connectivity index (χ0n) is 10.8. The maximum atomic E-state index is 12.0. The molecule has 0 bridgehead atoms. The number of carbonyl (C=O) groups excluding carboxylic acids is 1. The topological polar surface area (TPSA) is 62.2 Å². The molecule has 1 aromatic rings. The second-order valence-electron chi connectivity index (χ2n) is 5.49. The minimum absolute atomic E-state index is 0.0156. The molecule has 1 aromatic carbocycles. The standard InChI is InChI=1S/C15H18N2O2/c16-13-9-17-12(8-15(13)6-7-15)14(18)19-10-11-4-2-1-3-5-11/h1-5,12,16-17H,6-10H2/t12-/m0/s1. The Morgan fingerprint density at radius 1 is 1.37 bits per heavy atom. The van der Waals surface area contributed by atoms with Crippen LogP contribution in [-0.4, -0.2) is 24.3 Å². The van der Waals surface area contributed by atoms with Crippen LogP contribution in [-0.2, 0) is 16.1 Å². The lowest BCUT2D eigenvalue weighted by atomic mass is 9.88. The van der Waals surface area contributed by atoms with Crippen LogP contribution in [0.5, 0.6) is 0 Å². The van der Waals surface area contributed by atoms with Gasteiger partial charge in [0.25, 0.3) is 0 Å². The summed E-state index contributed by atoms with van der Waals surface area (Å²) in [7, 11) is 0. The minimum atomic E-state index is -0.250. The van der Waals surface area contributed by atoms with Gasteiger partial charge in [0.1, 0.15) is 12.6 Å². The van der Waals surface area contributed by atoms with Crippen LogP contribution in [0.4, 0.5) is 0 Å². The molecule has 4 nitrogen and oxygen atoms in total. The predicted molar refractivity (Wildman–Crippen MR) is 72.0 cm³/mol. The van der Waals surface area contributed by atoms with Gasteiger partial charge in [-0.1, -0.05) is 30.3 Å². The highest BCUT2D eigenvalue weighted by Crippen LogP contribution is 2.51. The fraction of sp³-hybridized carbons (Fsp3) is 0.467. The summed E-state index contributed by atoms with van der Waals surface area (Å²) < 4.78 is 5.35. The third kappa shape index (κ3) is 2.54. The van der Waals surface area contributed by atoms with Gasteiger partial charge in [-0.2, -0.15) is 0 Å². The number of carbonyl (C=O) groups is 1. The Morgan fingerprint density at radius 3 is 2.79 bits per heavy atom. The van der Waals surface area contributed by atoms with Crippen LogP contribution in [0.25, 0.3) is 0 Å². The summed E-state index contributed by atoms with van der Waals surface area (Å²) >= 11 is 0. The summed E-state index contributed by atoms with van der Waals surface area (Å²) in [6.07, 6.45) is 2.82. The lowest BCUT2D eigenvalue weighted by Crippen LogP contribution is -2.49. The van der Waals surface area contributed by atoms with Crippen molar-refractivity contribution in [2.45, 2.75) is 31.9 Å². The molecule has 0 unspecified atom stereocenters. The lowest BCUT2D eigenvalue weighted by molar-refractivity contribution is -0.148. The summed E-state index contributed by atoms with van der Waals surface area (Å²) in [4.78, 5) is 12.0. The van der Waals surface area contributed by atoms with Crippen molar-refractivity contribution in [2.75, 3.05) is 6.54 Å². The van der Waals surface area contributed by atoms with Gasteiger partial charge >= 0.3 is 5.97 Å². The number of hydrogen-bond donors (Lipinski definition) is 2. The molecule has 19 heavy (non-hydrogen) atoms. The number of hydrogen-bond acceptors (Lipinski definition) is 4. The molecule has 1 spiro atoms. The van der Waals surface area contributed by atoms with Crippen LogP contribution in [0.15, 0.2) is 30.3 Å². The number of nitrogens with one attached hydrogen (secondary N) is 2. The highest BCUT2D eigenvalue weighted by Gasteiger charge is 2.51. The summed E-state index contributed by atoms with van der Waals surface area (Å²) in [5, 5.41) is 11.0. The van der Waals surface area contributed by atoms with E-state index in [4.69, 9.17) is 10.1 Å². The molecule has 1 atom stereocenters. The Kier molecular flexibility index (Phi) is 3.11. The Balaban J connectivity index is 1.55. The highest BCUT2D eigenvalue weighted by molar-refractivity contribution is 5.94. The third-order valence-corrected chi connectivity index (χ3v) is 4.12. The van der Waals surface area contributed by atoms with E-state index in [0.717, 1.165) is 30.5 Å². The summed E-state index contributed by atoms with van der Waals surface area (Å²) in [5.74, 6) is -0.192. The van der Waals surface area contributed by atoms with E-state index in [0.29, 0.717) is 13.2 Å². The smallest absolute Gasteiger partial charge is 0.323 e. The Morgan fingerprint density at radius 2 is 2.11 bits per heavy atom.